The molecule has 10 heteroatoms. The molecule has 1 fully saturated rings. The molecule has 166 valence electrons. The molecule has 1 saturated heterocycles. The Hall–Kier alpha value is -2.89. The molecule has 6 atom stereocenters. The lowest BCUT2D eigenvalue weighted by molar-refractivity contribution is -0.277. The minimum atomic E-state index is -1.68. The maximum absolute atomic E-state index is 12.9. The predicted molar refractivity (Wildman–Crippen MR) is 103 cm³/mol. The maximum Gasteiger partial charge on any atom is 0.229 e. The first-order valence-electron chi connectivity index (χ1n) is 9.61. The minimum absolute atomic E-state index is 0.0183. The summed E-state index contributed by atoms with van der Waals surface area (Å²) in [6, 6.07) is 8.56. The molecule has 2 aromatic carbocycles. The summed E-state index contributed by atoms with van der Waals surface area (Å²) in [4.78, 5) is 12.9. The van der Waals surface area contributed by atoms with Crippen molar-refractivity contribution in [3.63, 3.8) is 0 Å². The molecular formula is C21H22O10. The van der Waals surface area contributed by atoms with E-state index in [1.54, 1.807) is 12.1 Å². The summed E-state index contributed by atoms with van der Waals surface area (Å²) in [6.45, 7) is -0.640. The normalized spacial score (nSPS) is 30.4. The van der Waals surface area contributed by atoms with E-state index < -0.39 is 43.4 Å². The number of hydrogen-bond donors (Lipinski definition) is 6. The average Bonchev–Trinajstić information content (AvgIpc) is 2.74. The molecular weight excluding hydrogens is 412 g/mol. The van der Waals surface area contributed by atoms with Crippen LogP contribution in [0.4, 0.5) is 0 Å². The number of phenolic OH excluding ortho intramolecular Hbond substituents is 2. The van der Waals surface area contributed by atoms with Gasteiger partial charge in [-0.1, -0.05) is 12.1 Å². The number of ketones is 1. The smallest absolute Gasteiger partial charge is 0.229 e. The van der Waals surface area contributed by atoms with E-state index >= 15 is 0 Å². The second-order valence-corrected chi connectivity index (χ2v) is 7.46. The van der Waals surface area contributed by atoms with Crippen LogP contribution in [0.25, 0.3) is 0 Å². The molecule has 2 heterocycles. The van der Waals surface area contributed by atoms with Crippen LogP contribution in [0.15, 0.2) is 36.4 Å². The number of carbonyl (C=O) groups is 1. The molecule has 6 N–H and O–H groups in total. The summed E-state index contributed by atoms with van der Waals surface area (Å²) in [7, 11) is 0. The van der Waals surface area contributed by atoms with Gasteiger partial charge in [-0.25, -0.2) is 0 Å². The van der Waals surface area contributed by atoms with Crippen molar-refractivity contribution < 1.29 is 49.6 Å². The molecule has 0 amide bonds. The summed E-state index contributed by atoms with van der Waals surface area (Å²) >= 11 is 0. The molecule has 31 heavy (non-hydrogen) atoms. The van der Waals surface area contributed by atoms with Crippen molar-refractivity contribution >= 4 is 5.78 Å². The lowest BCUT2D eigenvalue weighted by Gasteiger charge is -2.40. The van der Waals surface area contributed by atoms with E-state index in [-0.39, 0.29) is 40.8 Å². The number of aliphatic hydroxyl groups excluding tert-OH is 4. The van der Waals surface area contributed by atoms with E-state index in [2.05, 4.69) is 0 Å². The molecule has 4 rings (SSSR count). The number of benzene rings is 2. The monoisotopic (exact) mass is 434 g/mol. The van der Waals surface area contributed by atoms with Crippen molar-refractivity contribution in [1.29, 1.82) is 0 Å². The van der Waals surface area contributed by atoms with Gasteiger partial charge in [-0.05, 0) is 17.7 Å². The second-order valence-electron chi connectivity index (χ2n) is 7.46. The third-order valence-corrected chi connectivity index (χ3v) is 5.33. The zero-order chi connectivity index (χ0) is 22.3. The highest BCUT2D eigenvalue weighted by molar-refractivity contribution is 6.02. The van der Waals surface area contributed by atoms with Gasteiger partial charge in [0.15, 0.2) is 5.78 Å². The van der Waals surface area contributed by atoms with Gasteiger partial charge in [0.2, 0.25) is 6.29 Å². The Bertz CT molecular complexity index is 957. The van der Waals surface area contributed by atoms with E-state index in [9.17, 15) is 35.4 Å². The summed E-state index contributed by atoms with van der Waals surface area (Å²) in [5.74, 6) is -0.669. The maximum atomic E-state index is 12.9. The largest absolute Gasteiger partial charge is 0.508 e. The van der Waals surface area contributed by atoms with Gasteiger partial charge in [-0.2, -0.15) is 0 Å². The highest BCUT2D eigenvalue weighted by Crippen LogP contribution is 2.43. The standard InChI is InChI=1S/C21H22O10/c22-8-16-18(26)19(27)20(28)21(31-16)30-15-6-11(24)5-14-17(15)12(25)7-13(29-14)9-1-3-10(23)4-2-9/h1-6,13,16,18-24,26-28H,7-8H2/t13-,16+,18-,19-,20-,21-/m1/s1. The number of hydrogen-bond acceptors (Lipinski definition) is 10. The van der Waals surface area contributed by atoms with Gasteiger partial charge in [-0.15, -0.1) is 0 Å². The average molecular weight is 434 g/mol. The number of carbonyl (C=O) groups excluding carboxylic acids is 1. The van der Waals surface area contributed by atoms with Gasteiger partial charge in [0, 0.05) is 12.1 Å². The highest BCUT2D eigenvalue weighted by atomic mass is 16.7. The van der Waals surface area contributed by atoms with E-state index in [4.69, 9.17) is 14.2 Å². The lowest BCUT2D eigenvalue weighted by Crippen LogP contribution is -2.60. The molecule has 0 unspecified atom stereocenters. The van der Waals surface area contributed by atoms with Crippen molar-refractivity contribution in [2.45, 2.75) is 43.2 Å². The number of Topliss-reactive ketones (excluding diaryl/α,β-unsaturated/α-hetero) is 1. The van der Waals surface area contributed by atoms with Crippen LogP contribution >= 0.6 is 0 Å². The van der Waals surface area contributed by atoms with Crippen LogP contribution < -0.4 is 9.47 Å². The van der Waals surface area contributed by atoms with E-state index in [1.165, 1.54) is 18.2 Å². The molecule has 0 spiro atoms. The Morgan fingerprint density at radius 2 is 1.68 bits per heavy atom. The van der Waals surface area contributed by atoms with Gasteiger partial charge in [0.25, 0.3) is 0 Å². The van der Waals surface area contributed by atoms with Crippen molar-refractivity contribution in [3.8, 4) is 23.0 Å². The summed E-state index contributed by atoms with van der Waals surface area (Å²) in [5, 5.41) is 58.9. The fourth-order valence-electron chi connectivity index (χ4n) is 3.67. The van der Waals surface area contributed by atoms with E-state index in [1.807, 2.05) is 0 Å². The molecule has 0 radical (unpaired) electrons. The molecule has 0 bridgehead atoms. The van der Waals surface area contributed by atoms with Crippen molar-refractivity contribution in [1.82, 2.24) is 0 Å². The summed E-state index contributed by atoms with van der Waals surface area (Å²) in [6.07, 6.45) is -8.31. The molecule has 0 saturated carbocycles. The summed E-state index contributed by atoms with van der Waals surface area (Å²) in [5.41, 5.74) is 0.668. The number of aliphatic hydroxyl groups is 4. The zero-order valence-corrected chi connectivity index (χ0v) is 16.2. The van der Waals surface area contributed by atoms with Crippen molar-refractivity contribution in [2.24, 2.45) is 0 Å². The predicted octanol–water partition coefficient (Wildman–Crippen LogP) is -0.0170. The van der Waals surface area contributed by atoms with Crippen LogP contribution in [0, 0.1) is 0 Å². The molecule has 0 aliphatic carbocycles. The minimum Gasteiger partial charge on any atom is -0.508 e. The Labute approximate surface area is 176 Å². The number of rotatable bonds is 4. The Morgan fingerprint density at radius 1 is 0.968 bits per heavy atom. The number of fused-ring (bicyclic) bond motifs is 1. The third kappa shape index (κ3) is 4.03. The van der Waals surface area contributed by atoms with Crippen LogP contribution in [0.3, 0.4) is 0 Å². The van der Waals surface area contributed by atoms with Crippen LogP contribution in [0.2, 0.25) is 0 Å². The van der Waals surface area contributed by atoms with Gasteiger partial charge in [0.1, 0.15) is 59.1 Å². The van der Waals surface area contributed by atoms with Crippen LogP contribution in [-0.2, 0) is 4.74 Å². The third-order valence-electron chi connectivity index (χ3n) is 5.33. The first-order valence-corrected chi connectivity index (χ1v) is 9.61. The Kier molecular flexibility index (Phi) is 5.73. The van der Waals surface area contributed by atoms with Crippen LogP contribution in [0.1, 0.15) is 28.4 Å². The van der Waals surface area contributed by atoms with E-state index in [0.29, 0.717) is 5.56 Å². The van der Waals surface area contributed by atoms with Crippen LogP contribution in [-0.4, -0.2) is 73.7 Å². The first-order chi connectivity index (χ1) is 14.8. The van der Waals surface area contributed by atoms with E-state index in [0.717, 1.165) is 6.07 Å². The fourth-order valence-corrected chi connectivity index (χ4v) is 3.67. The van der Waals surface area contributed by atoms with Crippen molar-refractivity contribution in [2.75, 3.05) is 6.61 Å². The van der Waals surface area contributed by atoms with Gasteiger partial charge in [-0.3, -0.25) is 4.79 Å². The number of ether oxygens (including phenoxy) is 3. The lowest BCUT2D eigenvalue weighted by atomic mass is 9.95. The van der Waals surface area contributed by atoms with Crippen LogP contribution in [0.5, 0.6) is 23.0 Å². The second kappa shape index (κ2) is 8.33. The fraction of sp³-hybridized carbons (Fsp3) is 0.381. The molecule has 2 aromatic rings. The Morgan fingerprint density at radius 3 is 2.35 bits per heavy atom. The van der Waals surface area contributed by atoms with Gasteiger partial charge in [0.05, 0.1) is 13.0 Å². The topological polar surface area (TPSA) is 166 Å². The van der Waals surface area contributed by atoms with Crippen molar-refractivity contribution in [3.05, 3.63) is 47.5 Å². The molecule has 0 aromatic heterocycles. The molecule has 2 aliphatic heterocycles. The van der Waals surface area contributed by atoms with Gasteiger partial charge >= 0.3 is 0 Å². The first kappa shape index (κ1) is 21.3. The Balaban J connectivity index is 1.63. The highest BCUT2D eigenvalue weighted by Gasteiger charge is 2.45. The number of phenols is 2. The van der Waals surface area contributed by atoms with Gasteiger partial charge < -0.3 is 44.8 Å². The number of aromatic hydroxyl groups is 2. The zero-order valence-electron chi connectivity index (χ0n) is 16.2. The summed E-state index contributed by atoms with van der Waals surface area (Å²) < 4.78 is 16.8. The molecule has 10 nitrogen and oxygen atoms in total. The quantitative estimate of drug-likeness (QED) is 0.385. The SMILES string of the molecule is O=C1C[C@H](c2ccc(O)cc2)Oc2cc(O)cc(O[C@@H]3O[C@@H](CO)[C@@H](O)[C@@H](O)[C@H]3O)c21. The molecule has 2 aliphatic rings.